The summed E-state index contributed by atoms with van der Waals surface area (Å²) in [6.45, 7) is 6.43. The molecule has 0 heterocycles. The SMILES string of the molecule is CC(C)CCC(C)NC(=O)CBr. The number of amides is 1. The Kier molecular flexibility index (Phi) is 6.44. The molecule has 1 N–H and O–H groups in total. The number of halogens is 1. The molecule has 0 fully saturated rings. The van der Waals surface area contributed by atoms with Crippen LogP contribution in [0.2, 0.25) is 0 Å². The topological polar surface area (TPSA) is 29.1 Å². The Morgan fingerprint density at radius 2 is 1.92 bits per heavy atom. The van der Waals surface area contributed by atoms with Gasteiger partial charge in [-0.3, -0.25) is 4.79 Å². The lowest BCUT2D eigenvalue weighted by atomic mass is 10.0. The molecule has 2 nitrogen and oxygen atoms in total. The minimum atomic E-state index is 0.0752. The minimum Gasteiger partial charge on any atom is -0.353 e. The highest BCUT2D eigenvalue weighted by Crippen LogP contribution is 2.06. The highest BCUT2D eigenvalue weighted by molar-refractivity contribution is 9.09. The zero-order valence-corrected chi connectivity index (χ0v) is 9.65. The Labute approximate surface area is 83.2 Å². The number of carbonyl (C=O) groups is 1. The third-order valence-corrected chi connectivity index (χ3v) is 2.22. The zero-order chi connectivity index (χ0) is 9.56. The van der Waals surface area contributed by atoms with Crippen LogP contribution in [0.5, 0.6) is 0 Å². The Hall–Kier alpha value is -0.0500. The van der Waals surface area contributed by atoms with Crippen molar-refractivity contribution in [3.8, 4) is 0 Å². The van der Waals surface area contributed by atoms with E-state index in [1.807, 2.05) is 6.92 Å². The van der Waals surface area contributed by atoms with Crippen LogP contribution in [-0.4, -0.2) is 17.3 Å². The van der Waals surface area contributed by atoms with E-state index in [9.17, 15) is 4.79 Å². The first-order valence-corrected chi connectivity index (χ1v) is 5.53. The van der Waals surface area contributed by atoms with Crippen molar-refractivity contribution >= 4 is 21.8 Å². The van der Waals surface area contributed by atoms with Crippen molar-refractivity contribution in [2.75, 3.05) is 5.33 Å². The van der Waals surface area contributed by atoms with Gasteiger partial charge >= 0.3 is 0 Å². The molecule has 0 bridgehead atoms. The fourth-order valence-electron chi connectivity index (χ4n) is 0.969. The second-order valence-electron chi connectivity index (χ2n) is 3.57. The van der Waals surface area contributed by atoms with Gasteiger partial charge in [0.2, 0.25) is 5.91 Å². The number of hydrogen-bond donors (Lipinski definition) is 1. The lowest BCUT2D eigenvalue weighted by molar-refractivity contribution is -0.119. The van der Waals surface area contributed by atoms with Gasteiger partial charge in [-0.1, -0.05) is 29.8 Å². The molecule has 3 heteroatoms. The summed E-state index contributed by atoms with van der Waals surface area (Å²) < 4.78 is 0. The molecule has 1 amide bonds. The zero-order valence-electron chi connectivity index (χ0n) is 8.06. The van der Waals surface area contributed by atoms with Gasteiger partial charge < -0.3 is 5.32 Å². The Morgan fingerprint density at radius 1 is 1.33 bits per heavy atom. The molecule has 0 aliphatic heterocycles. The molecule has 0 radical (unpaired) electrons. The standard InChI is InChI=1S/C9H18BrNO/c1-7(2)4-5-8(3)11-9(12)6-10/h7-8H,4-6H2,1-3H3,(H,11,12). The van der Waals surface area contributed by atoms with Crippen LogP contribution < -0.4 is 5.32 Å². The maximum atomic E-state index is 10.9. The van der Waals surface area contributed by atoms with Crippen LogP contribution in [0.3, 0.4) is 0 Å². The van der Waals surface area contributed by atoms with Crippen LogP contribution in [0.4, 0.5) is 0 Å². The summed E-state index contributed by atoms with van der Waals surface area (Å²) in [5, 5.41) is 3.30. The Balaban J connectivity index is 3.45. The van der Waals surface area contributed by atoms with E-state index in [0.717, 1.165) is 6.42 Å². The van der Waals surface area contributed by atoms with Gasteiger partial charge in [-0.25, -0.2) is 0 Å². The van der Waals surface area contributed by atoms with E-state index in [-0.39, 0.29) is 5.91 Å². The molecule has 0 aromatic heterocycles. The summed E-state index contributed by atoms with van der Waals surface area (Å²) in [6.07, 6.45) is 2.24. The summed E-state index contributed by atoms with van der Waals surface area (Å²) >= 11 is 3.11. The predicted molar refractivity (Wildman–Crippen MR) is 55.5 cm³/mol. The average molecular weight is 236 g/mol. The van der Waals surface area contributed by atoms with Crippen molar-refractivity contribution in [2.24, 2.45) is 5.92 Å². The fourth-order valence-corrected chi connectivity index (χ4v) is 1.13. The first-order chi connectivity index (χ1) is 5.56. The van der Waals surface area contributed by atoms with Gasteiger partial charge in [0.25, 0.3) is 0 Å². The van der Waals surface area contributed by atoms with Crippen LogP contribution in [0.15, 0.2) is 0 Å². The molecular formula is C9H18BrNO. The maximum Gasteiger partial charge on any atom is 0.230 e. The highest BCUT2D eigenvalue weighted by atomic mass is 79.9. The van der Waals surface area contributed by atoms with Crippen LogP contribution in [0, 0.1) is 5.92 Å². The van der Waals surface area contributed by atoms with Crippen molar-refractivity contribution in [1.29, 1.82) is 0 Å². The predicted octanol–water partition coefficient (Wildman–Crippen LogP) is 2.32. The molecular weight excluding hydrogens is 218 g/mol. The molecule has 0 aliphatic rings. The van der Waals surface area contributed by atoms with Gasteiger partial charge in [-0.05, 0) is 25.7 Å². The molecule has 0 saturated carbocycles. The number of alkyl halides is 1. The van der Waals surface area contributed by atoms with Crippen LogP contribution in [0.25, 0.3) is 0 Å². The summed E-state index contributed by atoms with van der Waals surface area (Å²) in [5.41, 5.74) is 0. The van der Waals surface area contributed by atoms with E-state index >= 15 is 0 Å². The molecule has 1 unspecified atom stereocenters. The van der Waals surface area contributed by atoms with Crippen molar-refractivity contribution in [1.82, 2.24) is 5.32 Å². The summed E-state index contributed by atoms with van der Waals surface area (Å²) in [6, 6.07) is 0.303. The van der Waals surface area contributed by atoms with Crippen LogP contribution >= 0.6 is 15.9 Å². The van der Waals surface area contributed by atoms with E-state index in [4.69, 9.17) is 0 Å². The first-order valence-electron chi connectivity index (χ1n) is 4.41. The van der Waals surface area contributed by atoms with Gasteiger partial charge in [0.15, 0.2) is 0 Å². The highest BCUT2D eigenvalue weighted by Gasteiger charge is 2.05. The average Bonchev–Trinajstić information content (AvgIpc) is 2.00. The normalized spacial score (nSPS) is 13.1. The second kappa shape index (κ2) is 6.46. The third-order valence-electron chi connectivity index (χ3n) is 1.71. The second-order valence-corrected chi connectivity index (χ2v) is 4.13. The van der Waals surface area contributed by atoms with E-state index in [1.165, 1.54) is 6.42 Å². The van der Waals surface area contributed by atoms with E-state index in [2.05, 4.69) is 35.1 Å². The van der Waals surface area contributed by atoms with Gasteiger partial charge in [0, 0.05) is 6.04 Å². The number of rotatable bonds is 5. The molecule has 12 heavy (non-hydrogen) atoms. The monoisotopic (exact) mass is 235 g/mol. The maximum absolute atomic E-state index is 10.9. The van der Waals surface area contributed by atoms with Gasteiger partial charge in [0.1, 0.15) is 0 Å². The van der Waals surface area contributed by atoms with Gasteiger partial charge in [-0.2, -0.15) is 0 Å². The van der Waals surface area contributed by atoms with Gasteiger partial charge in [0.05, 0.1) is 5.33 Å². The summed E-state index contributed by atoms with van der Waals surface area (Å²) in [5.74, 6) is 0.791. The van der Waals surface area contributed by atoms with Crippen LogP contribution in [0.1, 0.15) is 33.6 Å². The van der Waals surface area contributed by atoms with Crippen LogP contribution in [-0.2, 0) is 4.79 Å². The number of nitrogens with one attached hydrogen (secondary N) is 1. The smallest absolute Gasteiger partial charge is 0.230 e. The molecule has 0 spiro atoms. The Morgan fingerprint density at radius 3 is 2.33 bits per heavy atom. The van der Waals surface area contributed by atoms with E-state index in [0.29, 0.717) is 17.3 Å². The molecule has 0 aromatic carbocycles. The largest absolute Gasteiger partial charge is 0.353 e. The van der Waals surface area contributed by atoms with Crippen molar-refractivity contribution < 1.29 is 4.79 Å². The van der Waals surface area contributed by atoms with E-state index in [1.54, 1.807) is 0 Å². The van der Waals surface area contributed by atoms with E-state index < -0.39 is 0 Å². The number of carbonyl (C=O) groups excluding carboxylic acids is 1. The minimum absolute atomic E-state index is 0.0752. The molecule has 0 aromatic rings. The molecule has 0 rings (SSSR count). The summed E-state index contributed by atoms with van der Waals surface area (Å²) in [7, 11) is 0. The fraction of sp³-hybridized carbons (Fsp3) is 0.889. The van der Waals surface area contributed by atoms with Crippen molar-refractivity contribution in [3.05, 3.63) is 0 Å². The quantitative estimate of drug-likeness (QED) is 0.729. The molecule has 0 aliphatic carbocycles. The first kappa shape index (κ1) is 11.9. The molecule has 0 saturated heterocycles. The number of hydrogen-bond acceptors (Lipinski definition) is 1. The molecule has 72 valence electrons. The Bertz CT molecular complexity index is 136. The molecule has 1 atom stereocenters. The lowest BCUT2D eigenvalue weighted by Crippen LogP contribution is -2.33. The van der Waals surface area contributed by atoms with Crippen molar-refractivity contribution in [2.45, 2.75) is 39.7 Å². The van der Waals surface area contributed by atoms with Crippen molar-refractivity contribution in [3.63, 3.8) is 0 Å². The third kappa shape index (κ3) is 6.65. The summed E-state index contributed by atoms with van der Waals surface area (Å²) in [4.78, 5) is 10.9. The van der Waals surface area contributed by atoms with Gasteiger partial charge in [-0.15, -0.1) is 0 Å². The lowest BCUT2D eigenvalue weighted by Gasteiger charge is -2.13.